The smallest absolute Gasteiger partial charge is 0.192 e. The van der Waals surface area contributed by atoms with Crippen LogP contribution in [0.3, 0.4) is 0 Å². The Morgan fingerprint density at radius 2 is 2.19 bits per heavy atom. The highest BCUT2D eigenvalue weighted by Crippen LogP contribution is 2.33. The summed E-state index contributed by atoms with van der Waals surface area (Å²) < 4.78 is 0. The molecule has 0 radical (unpaired) electrons. The zero-order valence-electron chi connectivity index (χ0n) is 9.96. The highest BCUT2D eigenvalue weighted by molar-refractivity contribution is 14.0. The third kappa shape index (κ3) is 7.80. The van der Waals surface area contributed by atoms with E-state index >= 15 is 0 Å². The van der Waals surface area contributed by atoms with E-state index in [2.05, 4.69) is 28.5 Å². The van der Waals surface area contributed by atoms with Crippen molar-refractivity contribution in [1.82, 2.24) is 10.6 Å². The summed E-state index contributed by atoms with van der Waals surface area (Å²) in [6.07, 6.45) is 10.6. The molecule has 0 bridgehead atoms. The van der Waals surface area contributed by atoms with Gasteiger partial charge in [0.15, 0.2) is 5.96 Å². The predicted molar refractivity (Wildman–Crippen MR) is 80.2 cm³/mol. The lowest BCUT2D eigenvalue weighted by Gasteiger charge is -2.08. The molecule has 16 heavy (non-hydrogen) atoms. The fourth-order valence-electron chi connectivity index (χ4n) is 1.45. The highest BCUT2D eigenvalue weighted by atomic mass is 127. The van der Waals surface area contributed by atoms with Crippen molar-refractivity contribution in [1.29, 1.82) is 0 Å². The average molecular weight is 335 g/mol. The maximum atomic E-state index is 5.18. The lowest BCUT2D eigenvalue weighted by Crippen LogP contribution is -2.37. The largest absolute Gasteiger partial charge is 0.357 e. The molecule has 0 saturated heterocycles. The fraction of sp³-hybridized carbons (Fsp3) is 0.750. The lowest BCUT2D eigenvalue weighted by atomic mass is 10.2. The van der Waals surface area contributed by atoms with Gasteiger partial charge < -0.3 is 10.6 Å². The number of terminal acetylenes is 1. The Bertz CT molecular complexity index is 241. The number of guanidine groups is 1. The first-order chi connectivity index (χ1) is 7.36. The van der Waals surface area contributed by atoms with E-state index in [1.807, 2.05) is 0 Å². The van der Waals surface area contributed by atoms with Crippen molar-refractivity contribution in [2.75, 3.05) is 19.6 Å². The Hall–Kier alpha value is -0.440. The summed E-state index contributed by atoms with van der Waals surface area (Å²) >= 11 is 0. The van der Waals surface area contributed by atoms with Gasteiger partial charge in [0, 0.05) is 13.1 Å². The Morgan fingerprint density at radius 3 is 2.75 bits per heavy atom. The molecule has 1 saturated carbocycles. The zero-order valence-corrected chi connectivity index (χ0v) is 12.3. The van der Waals surface area contributed by atoms with Crippen molar-refractivity contribution < 1.29 is 0 Å². The van der Waals surface area contributed by atoms with Crippen LogP contribution in [-0.4, -0.2) is 25.6 Å². The van der Waals surface area contributed by atoms with Gasteiger partial charge in [-0.2, -0.15) is 0 Å². The van der Waals surface area contributed by atoms with Gasteiger partial charge in [-0.15, -0.1) is 30.4 Å². The maximum absolute atomic E-state index is 5.18. The molecule has 1 rings (SSSR count). The number of halogens is 1. The lowest BCUT2D eigenvalue weighted by molar-refractivity contribution is 0.672. The molecule has 1 fully saturated rings. The summed E-state index contributed by atoms with van der Waals surface area (Å²) in [4.78, 5) is 4.45. The molecule has 2 N–H and O–H groups in total. The molecule has 0 amide bonds. The third-order valence-corrected chi connectivity index (χ3v) is 2.44. The van der Waals surface area contributed by atoms with Crippen molar-refractivity contribution in [3.05, 3.63) is 0 Å². The Labute approximate surface area is 116 Å². The van der Waals surface area contributed by atoms with E-state index in [1.165, 1.54) is 25.7 Å². The predicted octanol–water partition coefficient (Wildman–Crippen LogP) is 1.98. The molecule has 0 aromatic heterocycles. The van der Waals surface area contributed by atoms with Crippen LogP contribution in [0.2, 0.25) is 0 Å². The third-order valence-electron chi connectivity index (χ3n) is 2.44. The summed E-state index contributed by atoms with van der Waals surface area (Å²) in [7, 11) is 0. The Balaban J connectivity index is 0.00000225. The molecular weight excluding hydrogens is 313 g/mol. The minimum Gasteiger partial charge on any atom is -0.357 e. The quantitative estimate of drug-likeness (QED) is 0.256. The average Bonchev–Trinajstić information content (AvgIpc) is 3.04. The number of hydrogen-bond donors (Lipinski definition) is 2. The van der Waals surface area contributed by atoms with Crippen molar-refractivity contribution in [2.24, 2.45) is 10.9 Å². The van der Waals surface area contributed by atoms with Crippen LogP contribution >= 0.6 is 24.0 Å². The summed E-state index contributed by atoms with van der Waals surface area (Å²) in [6.45, 7) is 4.36. The van der Waals surface area contributed by atoms with E-state index in [-0.39, 0.29) is 24.0 Å². The maximum Gasteiger partial charge on any atom is 0.192 e. The normalized spacial score (nSPS) is 14.9. The van der Waals surface area contributed by atoms with Crippen molar-refractivity contribution >= 4 is 29.9 Å². The fourth-order valence-corrected chi connectivity index (χ4v) is 1.45. The van der Waals surface area contributed by atoms with Crippen molar-refractivity contribution in [3.8, 4) is 12.3 Å². The van der Waals surface area contributed by atoms with Gasteiger partial charge in [0.05, 0.1) is 6.54 Å². The second-order valence-electron chi connectivity index (χ2n) is 3.90. The highest BCUT2D eigenvalue weighted by Gasteiger charge is 2.19. The molecule has 1 aliphatic carbocycles. The number of nitrogens with zero attached hydrogens (tertiary/aromatic N) is 1. The van der Waals surface area contributed by atoms with Crippen LogP contribution in [0.25, 0.3) is 0 Å². The summed E-state index contributed by atoms with van der Waals surface area (Å²) in [6, 6.07) is 0. The number of rotatable bonds is 6. The van der Waals surface area contributed by atoms with E-state index in [1.54, 1.807) is 0 Å². The van der Waals surface area contributed by atoms with Crippen LogP contribution in [0.5, 0.6) is 0 Å². The molecule has 3 nitrogen and oxygen atoms in total. The van der Waals surface area contributed by atoms with E-state index < -0.39 is 0 Å². The summed E-state index contributed by atoms with van der Waals surface area (Å²) in [5.41, 5.74) is 0. The number of hydrogen-bond acceptors (Lipinski definition) is 1. The first-order valence-corrected chi connectivity index (χ1v) is 5.82. The molecule has 0 aliphatic heterocycles. The molecule has 0 aromatic rings. The van der Waals surface area contributed by atoms with Crippen LogP contribution in [0.1, 0.15) is 32.6 Å². The van der Waals surface area contributed by atoms with Crippen LogP contribution in [-0.2, 0) is 0 Å². The Kier molecular flexibility index (Phi) is 9.49. The molecule has 0 atom stereocenters. The first-order valence-electron chi connectivity index (χ1n) is 5.82. The minimum absolute atomic E-state index is 0. The summed E-state index contributed by atoms with van der Waals surface area (Å²) in [5.74, 6) is 4.38. The van der Waals surface area contributed by atoms with Gasteiger partial charge >= 0.3 is 0 Å². The molecule has 1 aliphatic rings. The van der Waals surface area contributed by atoms with Crippen LogP contribution in [0, 0.1) is 18.3 Å². The molecular formula is C12H22IN3. The standard InChI is InChI=1S/C12H21N3.HI/c1-3-9-14-12(13-4-2)15-10-5-6-11-7-8-11;/h1,11H,4-10H2,2H3,(H2,13,14,15);1H. The van der Waals surface area contributed by atoms with Gasteiger partial charge in [0.25, 0.3) is 0 Å². The van der Waals surface area contributed by atoms with Crippen molar-refractivity contribution in [3.63, 3.8) is 0 Å². The molecule has 0 unspecified atom stereocenters. The van der Waals surface area contributed by atoms with E-state index in [9.17, 15) is 0 Å². The number of aliphatic imine (C=N–C) groups is 1. The van der Waals surface area contributed by atoms with Crippen LogP contribution < -0.4 is 10.6 Å². The van der Waals surface area contributed by atoms with Gasteiger partial charge in [-0.05, 0) is 25.7 Å². The molecule has 4 heteroatoms. The first kappa shape index (κ1) is 15.6. The van der Waals surface area contributed by atoms with Gasteiger partial charge in [-0.1, -0.05) is 18.8 Å². The zero-order chi connectivity index (χ0) is 10.9. The SMILES string of the molecule is C#CCNC(=NCCCC1CC1)NCC.I. The minimum atomic E-state index is 0. The second kappa shape index (κ2) is 9.76. The topological polar surface area (TPSA) is 36.4 Å². The van der Waals surface area contributed by atoms with Gasteiger partial charge in [0.1, 0.15) is 0 Å². The summed E-state index contributed by atoms with van der Waals surface area (Å²) in [5, 5.41) is 6.24. The van der Waals surface area contributed by atoms with Gasteiger partial charge in [-0.3, -0.25) is 4.99 Å². The van der Waals surface area contributed by atoms with Crippen LogP contribution in [0.15, 0.2) is 4.99 Å². The van der Waals surface area contributed by atoms with E-state index in [4.69, 9.17) is 6.42 Å². The van der Waals surface area contributed by atoms with Crippen LogP contribution in [0.4, 0.5) is 0 Å². The van der Waals surface area contributed by atoms with E-state index in [0.29, 0.717) is 6.54 Å². The molecule has 0 spiro atoms. The van der Waals surface area contributed by atoms with E-state index in [0.717, 1.165) is 25.0 Å². The van der Waals surface area contributed by atoms with Gasteiger partial charge in [0.2, 0.25) is 0 Å². The number of nitrogens with one attached hydrogen (secondary N) is 2. The molecule has 92 valence electrons. The molecule has 0 aromatic carbocycles. The Morgan fingerprint density at radius 1 is 1.44 bits per heavy atom. The van der Waals surface area contributed by atoms with Crippen molar-refractivity contribution in [2.45, 2.75) is 32.6 Å². The molecule has 0 heterocycles. The second-order valence-corrected chi connectivity index (χ2v) is 3.90. The monoisotopic (exact) mass is 335 g/mol. The van der Waals surface area contributed by atoms with Gasteiger partial charge in [-0.25, -0.2) is 0 Å².